The van der Waals surface area contributed by atoms with E-state index < -0.39 is 0 Å². The molecule has 0 radical (unpaired) electrons. The van der Waals surface area contributed by atoms with Gasteiger partial charge in [-0.1, -0.05) is 25.1 Å². The zero-order chi connectivity index (χ0) is 8.81. The van der Waals surface area contributed by atoms with E-state index in [4.69, 9.17) is 5.73 Å². The molecule has 0 saturated carbocycles. The lowest BCUT2D eigenvalue weighted by molar-refractivity contribution is 0.777. The number of anilines is 1. The highest BCUT2D eigenvalue weighted by Crippen LogP contribution is 2.11. The van der Waals surface area contributed by atoms with Crippen molar-refractivity contribution in [3.63, 3.8) is 0 Å². The van der Waals surface area contributed by atoms with Crippen LogP contribution in [0, 0.1) is 0 Å². The van der Waals surface area contributed by atoms with E-state index in [-0.39, 0.29) is 0 Å². The van der Waals surface area contributed by atoms with Gasteiger partial charge in [0.05, 0.1) is 6.67 Å². The number of hydrogen-bond acceptors (Lipinski definition) is 2. The molecule has 0 saturated heterocycles. The van der Waals surface area contributed by atoms with Gasteiger partial charge in [0.1, 0.15) is 0 Å². The maximum absolute atomic E-state index is 5.62. The maximum atomic E-state index is 5.62. The topological polar surface area (TPSA) is 29.3 Å². The second kappa shape index (κ2) is 4.78. The molecule has 0 amide bonds. The summed E-state index contributed by atoms with van der Waals surface area (Å²) in [6.45, 7) is 3.78. The maximum Gasteiger partial charge on any atom is 0.0657 e. The molecule has 2 heteroatoms. The van der Waals surface area contributed by atoms with Crippen molar-refractivity contribution < 1.29 is 0 Å². The van der Waals surface area contributed by atoms with E-state index in [1.165, 1.54) is 5.69 Å². The Morgan fingerprint density at radius 2 is 1.92 bits per heavy atom. The Morgan fingerprint density at radius 3 is 2.42 bits per heavy atom. The summed E-state index contributed by atoms with van der Waals surface area (Å²) < 4.78 is 0. The largest absolute Gasteiger partial charge is 0.359 e. The quantitative estimate of drug-likeness (QED) is 0.688. The fraction of sp³-hybridized carbons (Fsp3) is 0.400. The summed E-state index contributed by atoms with van der Waals surface area (Å²) in [6.07, 6.45) is 1.13. The van der Waals surface area contributed by atoms with Crippen LogP contribution in [-0.2, 0) is 0 Å². The molecule has 0 bridgehead atoms. The lowest BCUT2D eigenvalue weighted by atomic mass is 10.3. The van der Waals surface area contributed by atoms with Crippen molar-refractivity contribution in [1.82, 2.24) is 0 Å². The lowest BCUT2D eigenvalue weighted by Crippen LogP contribution is -2.30. The molecule has 0 unspecified atom stereocenters. The normalized spacial score (nSPS) is 9.83. The number of nitrogens with zero attached hydrogens (tertiary/aromatic N) is 1. The predicted octanol–water partition coefficient (Wildman–Crippen LogP) is 1.82. The highest BCUT2D eigenvalue weighted by molar-refractivity contribution is 5.45. The van der Waals surface area contributed by atoms with Gasteiger partial charge < -0.3 is 10.6 Å². The van der Waals surface area contributed by atoms with E-state index in [0.717, 1.165) is 13.0 Å². The van der Waals surface area contributed by atoms with Crippen molar-refractivity contribution in [2.24, 2.45) is 5.73 Å². The van der Waals surface area contributed by atoms with Gasteiger partial charge in [-0.3, -0.25) is 0 Å². The van der Waals surface area contributed by atoms with Gasteiger partial charge in [-0.25, -0.2) is 0 Å². The third-order valence-electron chi connectivity index (χ3n) is 1.84. The third kappa shape index (κ3) is 2.24. The molecular formula is C10H16N2. The van der Waals surface area contributed by atoms with Crippen LogP contribution in [0.15, 0.2) is 30.3 Å². The van der Waals surface area contributed by atoms with E-state index in [2.05, 4.69) is 24.0 Å². The number of hydrogen-bond donors (Lipinski definition) is 1. The van der Waals surface area contributed by atoms with Crippen molar-refractivity contribution in [2.75, 3.05) is 18.1 Å². The van der Waals surface area contributed by atoms with Crippen LogP contribution in [0.25, 0.3) is 0 Å². The van der Waals surface area contributed by atoms with Gasteiger partial charge in [-0.15, -0.1) is 0 Å². The van der Waals surface area contributed by atoms with Crippen LogP contribution >= 0.6 is 0 Å². The van der Waals surface area contributed by atoms with Gasteiger partial charge in [0.2, 0.25) is 0 Å². The summed E-state index contributed by atoms with van der Waals surface area (Å²) in [5.41, 5.74) is 6.83. The van der Waals surface area contributed by atoms with Crippen molar-refractivity contribution in [2.45, 2.75) is 13.3 Å². The fourth-order valence-electron chi connectivity index (χ4n) is 1.23. The molecule has 0 aliphatic heterocycles. The SMILES string of the molecule is CCCN(CN)c1ccccc1. The van der Waals surface area contributed by atoms with Gasteiger partial charge in [0.15, 0.2) is 0 Å². The second-order valence-electron chi connectivity index (χ2n) is 2.78. The number of rotatable bonds is 4. The molecule has 0 fully saturated rings. The lowest BCUT2D eigenvalue weighted by Gasteiger charge is -2.21. The average molecular weight is 164 g/mol. The summed E-state index contributed by atoms with van der Waals surface area (Å²) >= 11 is 0. The molecule has 1 aromatic rings. The van der Waals surface area contributed by atoms with Crippen molar-refractivity contribution >= 4 is 5.69 Å². The summed E-state index contributed by atoms with van der Waals surface area (Å²) in [5, 5.41) is 0. The summed E-state index contributed by atoms with van der Waals surface area (Å²) in [6, 6.07) is 10.3. The van der Waals surface area contributed by atoms with Gasteiger partial charge in [-0.05, 0) is 18.6 Å². The molecule has 2 nitrogen and oxygen atoms in total. The average Bonchev–Trinajstić information content (AvgIpc) is 2.15. The van der Waals surface area contributed by atoms with Crippen molar-refractivity contribution in [3.8, 4) is 0 Å². The van der Waals surface area contributed by atoms with E-state index >= 15 is 0 Å². The van der Waals surface area contributed by atoms with E-state index in [1.807, 2.05) is 18.2 Å². The molecule has 12 heavy (non-hydrogen) atoms. The first kappa shape index (κ1) is 9.07. The van der Waals surface area contributed by atoms with Crippen LogP contribution < -0.4 is 10.6 Å². The van der Waals surface area contributed by atoms with Crippen LogP contribution in [0.5, 0.6) is 0 Å². The molecule has 1 aromatic carbocycles. The van der Waals surface area contributed by atoms with Gasteiger partial charge >= 0.3 is 0 Å². The number of benzene rings is 1. The summed E-state index contributed by atoms with van der Waals surface area (Å²) in [7, 11) is 0. The minimum Gasteiger partial charge on any atom is -0.359 e. The zero-order valence-electron chi connectivity index (χ0n) is 7.53. The Labute approximate surface area is 74.0 Å². The van der Waals surface area contributed by atoms with Gasteiger partial charge in [-0.2, -0.15) is 0 Å². The van der Waals surface area contributed by atoms with E-state index in [9.17, 15) is 0 Å². The molecule has 0 aliphatic rings. The van der Waals surface area contributed by atoms with Crippen molar-refractivity contribution in [1.29, 1.82) is 0 Å². The minimum absolute atomic E-state index is 0.595. The Kier molecular flexibility index (Phi) is 3.61. The molecule has 0 spiro atoms. The highest BCUT2D eigenvalue weighted by Gasteiger charge is 1.99. The van der Waals surface area contributed by atoms with Crippen LogP contribution in [-0.4, -0.2) is 13.2 Å². The minimum atomic E-state index is 0.595. The molecular weight excluding hydrogens is 148 g/mol. The summed E-state index contributed by atoms with van der Waals surface area (Å²) in [4.78, 5) is 2.17. The Hall–Kier alpha value is -1.02. The summed E-state index contributed by atoms with van der Waals surface area (Å²) in [5.74, 6) is 0. The predicted molar refractivity (Wildman–Crippen MR) is 53.1 cm³/mol. The number of nitrogens with two attached hydrogens (primary N) is 1. The Bertz CT molecular complexity index is 208. The smallest absolute Gasteiger partial charge is 0.0657 e. The number of para-hydroxylation sites is 1. The second-order valence-corrected chi connectivity index (χ2v) is 2.78. The van der Waals surface area contributed by atoms with Crippen LogP contribution in [0.2, 0.25) is 0 Å². The fourth-order valence-corrected chi connectivity index (χ4v) is 1.23. The monoisotopic (exact) mass is 164 g/mol. The molecule has 0 heterocycles. The molecule has 2 N–H and O–H groups in total. The first-order valence-electron chi connectivity index (χ1n) is 4.38. The molecule has 1 rings (SSSR count). The Balaban J connectivity index is 2.66. The van der Waals surface area contributed by atoms with E-state index in [1.54, 1.807) is 0 Å². The first-order chi connectivity index (χ1) is 5.88. The standard InChI is InChI=1S/C10H16N2/c1-2-8-12(9-11)10-6-4-3-5-7-10/h3-7H,2,8-9,11H2,1H3. The van der Waals surface area contributed by atoms with E-state index in [0.29, 0.717) is 6.67 Å². The molecule has 0 atom stereocenters. The van der Waals surface area contributed by atoms with Crippen LogP contribution in [0.3, 0.4) is 0 Å². The van der Waals surface area contributed by atoms with Crippen molar-refractivity contribution in [3.05, 3.63) is 30.3 Å². The van der Waals surface area contributed by atoms with Gasteiger partial charge in [0, 0.05) is 12.2 Å². The van der Waals surface area contributed by atoms with Gasteiger partial charge in [0.25, 0.3) is 0 Å². The third-order valence-corrected chi connectivity index (χ3v) is 1.84. The first-order valence-corrected chi connectivity index (χ1v) is 4.38. The van der Waals surface area contributed by atoms with Crippen LogP contribution in [0.1, 0.15) is 13.3 Å². The highest BCUT2D eigenvalue weighted by atomic mass is 15.2. The van der Waals surface area contributed by atoms with Crippen LogP contribution in [0.4, 0.5) is 5.69 Å². The molecule has 66 valence electrons. The Morgan fingerprint density at radius 1 is 1.25 bits per heavy atom. The molecule has 0 aliphatic carbocycles. The zero-order valence-corrected chi connectivity index (χ0v) is 7.53. The molecule has 0 aromatic heterocycles.